The van der Waals surface area contributed by atoms with E-state index in [2.05, 4.69) is 5.32 Å². The van der Waals surface area contributed by atoms with Gasteiger partial charge in [-0.25, -0.2) is 0 Å². The standard InChI is InChI=1S/C19H24N2O5/c1-26-15-5-3-2-4-13(15)6-7-17(23)21-10-8-19(9-11-21)14(18(24)25)12-16(22)20-19/h2-5,14H,6-12H2,1H3,(H,20,22)(H,24,25). The third-order valence-electron chi connectivity index (χ3n) is 5.55. The zero-order valence-corrected chi connectivity index (χ0v) is 14.9. The lowest BCUT2D eigenvalue weighted by Crippen LogP contribution is -2.56. The highest BCUT2D eigenvalue weighted by molar-refractivity contribution is 5.88. The number of hydrogen-bond acceptors (Lipinski definition) is 4. The maximum Gasteiger partial charge on any atom is 0.309 e. The van der Waals surface area contributed by atoms with Crippen molar-refractivity contribution in [3.63, 3.8) is 0 Å². The molecule has 0 radical (unpaired) electrons. The van der Waals surface area contributed by atoms with Crippen LogP contribution in [0.2, 0.25) is 0 Å². The molecule has 2 amide bonds. The van der Waals surface area contributed by atoms with E-state index >= 15 is 0 Å². The second-order valence-corrected chi connectivity index (χ2v) is 6.99. The third-order valence-corrected chi connectivity index (χ3v) is 5.55. The number of aliphatic carboxylic acids is 1. The van der Waals surface area contributed by atoms with Crippen LogP contribution in [-0.4, -0.2) is 53.5 Å². The molecule has 2 saturated heterocycles. The van der Waals surface area contributed by atoms with Gasteiger partial charge in [0.25, 0.3) is 0 Å². The second-order valence-electron chi connectivity index (χ2n) is 6.99. The van der Waals surface area contributed by atoms with Gasteiger partial charge in [-0.05, 0) is 30.9 Å². The summed E-state index contributed by atoms with van der Waals surface area (Å²) in [6.45, 7) is 0.934. The van der Waals surface area contributed by atoms with Crippen LogP contribution in [0.15, 0.2) is 24.3 Å². The molecule has 0 saturated carbocycles. The lowest BCUT2D eigenvalue weighted by atomic mass is 9.77. The first-order valence-electron chi connectivity index (χ1n) is 8.89. The molecule has 3 rings (SSSR count). The number of carboxylic acid groups (broad SMARTS) is 1. The van der Waals surface area contributed by atoms with Crippen molar-refractivity contribution in [3.05, 3.63) is 29.8 Å². The molecule has 2 fully saturated rings. The number of nitrogens with zero attached hydrogens (tertiary/aromatic N) is 1. The lowest BCUT2D eigenvalue weighted by Gasteiger charge is -2.41. The van der Waals surface area contributed by atoms with Gasteiger partial charge in [-0.1, -0.05) is 18.2 Å². The maximum absolute atomic E-state index is 12.5. The summed E-state index contributed by atoms with van der Waals surface area (Å²) >= 11 is 0. The van der Waals surface area contributed by atoms with Crippen LogP contribution in [0, 0.1) is 5.92 Å². The molecule has 0 aliphatic carbocycles. The number of piperidine rings is 1. The quantitative estimate of drug-likeness (QED) is 0.823. The van der Waals surface area contributed by atoms with Gasteiger partial charge in [0.2, 0.25) is 11.8 Å². The van der Waals surface area contributed by atoms with Crippen molar-refractivity contribution >= 4 is 17.8 Å². The Morgan fingerprint density at radius 2 is 2.00 bits per heavy atom. The molecule has 7 nitrogen and oxygen atoms in total. The molecule has 0 bridgehead atoms. The molecule has 1 spiro atoms. The van der Waals surface area contributed by atoms with Gasteiger partial charge in [0.1, 0.15) is 5.75 Å². The number of methoxy groups -OCH3 is 1. The fraction of sp³-hybridized carbons (Fsp3) is 0.526. The molecule has 2 aliphatic heterocycles. The van der Waals surface area contributed by atoms with Gasteiger partial charge in [0, 0.05) is 25.9 Å². The van der Waals surface area contributed by atoms with Crippen molar-refractivity contribution in [1.82, 2.24) is 10.2 Å². The van der Waals surface area contributed by atoms with Gasteiger partial charge in [-0.15, -0.1) is 0 Å². The molecule has 140 valence electrons. The van der Waals surface area contributed by atoms with Crippen LogP contribution in [0.5, 0.6) is 5.75 Å². The minimum atomic E-state index is -0.945. The molecule has 7 heteroatoms. The molecule has 1 aromatic carbocycles. The first-order valence-corrected chi connectivity index (χ1v) is 8.89. The Balaban J connectivity index is 1.57. The summed E-state index contributed by atoms with van der Waals surface area (Å²) in [6.07, 6.45) is 1.96. The smallest absolute Gasteiger partial charge is 0.309 e. The summed E-state index contributed by atoms with van der Waals surface area (Å²) in [6, 6.07) is 7.63. The largest absolute Gasteiger partial charge is 0.496 e. The second kappa shape index (κ2) is 7.35. The van der Waals surface area contributed by atoms with E-state index in [0.29, 0.717) is 38.8 Å². The van der Waals surface area contributed by atoms with Crippen molar-refractivity contribution < 1.29 is 24.2 Å². The van der Waals surface area contributed by atoms with Gasteiger partial charge < -0.3 is 20.1 Å². The Morgan fingerprint density at radius 3 is 2.65 bits per heavy atom. The van der Waals surface area contributed by atoms with Crippen LogP contribution >= 0.6 is 0 Å². The maximum atomic E-state index is 12.5. The molecule has 1 atom stereocenters. The van der Waals surface area contributed by atoms with Crippen molar-refractivity contribution in [2.24, 2.45) is 5.92 Å². The van der Waals surface area contributed by atoms with Gasteiger partial charge in [0.05, 0.1) is 18.6 Å². The van der Waals surface area contributed by atoms with Gasteiger partial charge >= 0.3 is 5.97 Å². The predicted octanol–water partition coefficient (Wildman–Crippen LogP) is 1.21. The molecular weight excluding hydrogens is 336 g/mol. The minimum absolute atomic E-state index is 0.0249. The Labute approximate surface area is 152 Å². The first kappa shape index (κ1) is 18.2. The van der Waals surface area contributed by atoms with E-state index in [1.165, 1.54) is 0 Å². The van der Waals surface area contributed by atoms with E-state index in [-0.39, 0.29) is 18.2 Å². The Kier molecular flexibility index (Phi) is 5.15. The molecular formula is C19H24N2O5. The van der Waals surface area contributed by atoms with Crippen molar-refractivity contribution in [1.29, 1.82) is 0 Å². The van der Waals surface area contributed by atoms with Crippen LogP contribution in [0.25, 0.3) is 0 Å². The number of benzene rings is 1. The average molecular weight is 360 g/mol. The van der Waals surface area contributed by atoms with Crippen LogP contribution < -0.4 is 10.1 Å². The van der Waals surface area contributed by atoms with Crippen molar-refractivity contribution in [2.45, 2.75) is 37.6 Å². The van der Waals surface area contributed by atoms with E-state index in [9.17, 15) is 19.5 Å². The summed E-state index contributed by atoms with van der Waals surface area (Å²) in [5.74, 6) is -1.05. The van der Waals surface area contributed by atoms with Gasteiger partial charge in [-0.2, -0.15) is 0 Å². The Bertz CT molecular complexity index is 710. The first-order chi connectivity index (χ1) is 12.4. The highest BCUT2D eigenvalue weighted by Gasteiger charge is 2.51. The van der Waals surface area contributed by atoms with Crippen LogP contribution in [-0.2, 0) is 20.8 Å². The summed E-state index contributed by atoms with van der Waals surface area (Å²) in [5, 5.41) is 12.3. The van der Waals surface area contributed by atoms with E-state index in [4.69, 9.17) is 4.74 Å². The zero-order valence-electron chi connectivity index (χ0n) is 14.9. The molecule has 0 aromatic heterocycles. The van der Waals surface area contributed by atoms with Crippen LogP contribution in [0.1, 0.15) is 31.2 Å². The fourth-order valence-corrected chi connectivity index (χ4v) is 4.06. The van der Waals surface area contributed by atoms with Crippen molar-refractivity contribution in [2.75, 3.05) is 20.2 Å². The Hall–Kier alpha value is -2.57. The summed E-state index contributed by atoms with van der Waals surface area (Å²) < 4.78 is 5.31. The number of amides is 2. The van der Waals surface area contributed by atoms with E-state index in [0.717, 1.165) is 11.3 Å². The summed E-state index contributed by atoms with van der Waals surface area (Å²) in [4.78, 5) is 37.5. The van der Waals surface area contributed by atoms with Gasteiger partial charge in [0.15, 0.2) is 0 Å². The molecule has 2 aliphatic rings. The number of rotatable bonds is 5. The fourth-order valence-electron chi connectivity index (χ4n) is 4.06. The number of carbonyl (C=O) groups is 3. The van der Waals surface area contributed by atoms with Crippen LogP contribution in [0.4, 0.5) is 0 Å². The highest BCUT2D eigenvalue weighted by atomic mass is 16.5. The topological polar surface area (TPSA) is 95.9 Å². The zero-order chi connectivity index (χ0) is 18.7. The summed E-state index contributed by atoms with van der Waals surface area (Å²) in [7, 11) is 1.61. The van der Waals surface area contributed by atoms with E-state index in [1.807, 2.05) is 24.3 Å². The molecule has 2 N–H and O–H groups in total. The molecule has 1 aromatic rings. The lowest BCUT2D eigenvalue weighted by molar-refractivity contribution is -0.145. The molecule has 2 heterocycles. The number of hydrogen-bond donors (Lipinski definition) is 2. The number of para-hydroxylation sites is 1. The van der Waals surface area contributed by atoms with Crippen molar-refractivity contribution in [3.8, 4) is 5.75 Å². The molecule has 1 unspecified atom stereocenters. The number of nitrogens with one attached hydrogen (secondary N) is 1. The highest BCUT2D eigenvalue weighted by Crippen LogP contribution is 2.37. The number of ether oxygens (including phenoxy) is 1. The number of carbonyl (C=O) groups excluding carboxylic acids is 2. The number of aryl methyl sites for hydroxylation is 1. The molecule has 26 heavy (non-hydrogen) atoms. The number of carboxylic acids is 1. The third kappa shape index (κ3) is 3.52. The monoisotopic (exact) mass is 360 g/mol. The normalized spacial score (nSPS) is 21.5. The number of likely N-dealkylation sites (tertiary alicyclic amines) is 1. The SMILES string of the molecule is COc1ccccc1CCC(=O)N1CCC2(CC1)NC(=O)CC2C(=O)O. The predicted molar refractivity (Wildman–Crippen MR) is 93.7 cm³/mol. The minimum Gasteiger partial charge on any atom is -0.496 e. The summed E-state index contributed by atoms with van der Waals surface area (Å²) in [5.41, 5.74) is 0.286. The van der Waals surface area contributed by atoms with Crippen LogP contribution in [0.3, 0.4) is 0 Å². The van der Waals surface area contributed by atoms with Gasteiger partial charge in [-0.3, -0.25) is 14.4 Å². The Morgan fingerprint density at radius 1 is 1.31 bits per heavy atom. The average Bonchev–Trinajstić information content (AvgIpc) is 2.96. The van der Waals surface area contributed by atoms with E-state index < -0.39 is 17.4 Å². The van der Waals surface area contributed by atoms with E-state index in [1.54, 1.807) is 12.0 Å².